The molecular formula is C17H19BrN4O2. The summed E-state index contributed by atoms with van der Waals surface area (Å²) in [6, 6.07) is 3.52. The van der Waals surface area contributed by atoms with Crippen molar-refractivity contribution in [3.8, 4) is 0 Å². The molecule has 0 saturated heterocycles. The number of nitrogens with one attached hydrogen (secondary N) is 2. The Balaban J connectivity index is 2.30. The summed E-state index contributed by atoms with van der Waals surface area (Å²) < 4.78 is 0.572. The van der Waals surface area contributed by atoms with Crippen LogP contribution in [0.15, 0.2) is 26.5 Å². The van der Waals surface area contributed by atoms with Gasteiger partial charge in [0.15, 0.2) is 0 Å². The van der Waals surface area contributed by atoms with E-state index in [0.717, 1.165) is 11.3 Å². The van der Waals surface area contributed by atoms with Crippen LogP contribution in [0.25, 0.3) is 0 Å². The van der Waals surface area contributed by atoms with Gasteiger partial charge in [0.25, 0.3) is 11.5 Å². The number of carbonyl (C=O) groups excluding carboxylic acids is 1. The summed E-state index contributed by atoms with van der Waals surface area (Å²) in [4.78, 5) is 35.6. The Morgan fingerprint density at radius 1 is 1.38 bits per heavy atom. The lowest BCUT2D eigenvalue weighted by atomic mass is 10.1. The van der Waals surface area contributed by atoms with Gasteiger partial charge in [-0.15, -0.1) is 0 Å². The molecule has 0 aliphatic rings. The average molecular weight is 391 g/mol. The Morgan fingerprint density at radius 3 is 2.71 bits per heavy atom. The third kappa shape index (κ3) is 3.97. The third-order valence-electron chi connectivity index (χ3n) is 3.64. The van der Waals surface area contributed by atoms with Crippen LogP contribution in [0.1, 0.15) is 38.4 Å². The quantitative estimate of drug-likeness (QED) is 0.620. The van der Waals surface area contributed by atoms with Crippen LogP contribution in [0.2, 0.25) is 0 Å². The van der Waals surface area contributed by atoms with Crippen LogP contribution in [-0.4, -0.2) is 29.1 Å². The molecule has 0 spiro atoms. The first-order valence-corrected chi connectivity index (χ1v) is 8.19. The number of aliphatic imine (C=N–C) groups is 1. The SMILES string of the molecule is C/N=C\c1c(C(=O)NCc2c(C)cc(C)[nH]c2=O)cc(Br)nc1C. The van der Waals surface area contributed by atoms with Gasteiger partial charge >= 0.3 is 0 Å². The molecule has 2 heterocycles. The summed E-state index contributed by atoms with van der Waals surface area (Å²) in [7, 11) is 1.64. The highest BCUT2D eigenvalue weighted by Crippen LogP contribution is 2.17. The van der Waals surface area contributed by atoms with E-state index in [1.54, 1.807) is 19.3 Å². The summed E-state index contributed by atoms with van der Waals surface area (Å²) in [5, 5.41) is 2.80. The van der Waals surface area contributed by atoms with Crippen molar-refractivity contribution >= 4 is 28.1 Å². The van der Waals surface area contributed by atoms with Gasteiger partial charge in [0.1, 0.15) is 4.60 Å². The second-order valence-electron chi connectivity index (χ2n) is 5.50. The van der Waals surface area contributed by atoms with Gasteiger partial charge in [0.05, 0.1) is 5.56 Å². The third-order valence-corrected chi connectivity index (χ3v) is 4.05. The second kappa shape index (κ2) is 7.53. The fraction of sp³-hybridized carbons (Fsp3) is 0.294. The molecule has 2 aromatic heterocycles. The van der Waals surface area contributed by atoms with Crippen LogP contribution in [0, 0.1) is 20.8 Å². The number of aromatic amines is 1. The molecular weight excluding hydrogens is 372 g/mol. The molecule has 7 heteroatoms. The fourth-order valence-electron chi connectivity index (χ4n) is 2.49. The van der Waals surface area contributed by atoms with Crippen LogP contribution in [0.5, 0.6) is 0 Å². The maximum absolute atomic E-state index is 12.6. The molecule has 2 aromatic rings. The monoisotopic (exact) mass is 390 g/mol. The average Bonchev–Trinajstić information content (AvgIpc) is 2.48. The van der Waals surface area contributed by atoms with Gasteiger partial charge in [-0.05, 0) is 54.4 Å². The van der Waals surface area contributed by atoms with Crippen molar-refractivity contribution in [2.24, 2.45) is 4.99 Å². The smallest absolute Gasteiger partial charge is 0.253 e. The number of amides is 1. The Kier molecular flexibility index (Phi) is 5.66. The van der Waals surface area contributed by atoms with Crippen LogP contribution >= 0.6 is 15.9 Å². The normalized spacial score (nSPS) is 11.0. The first-order chi connectivity index (χ1) is 11.3. The summed E-state index contributed by atoms with van der Waals surface area (Å²) >= 11 is 3.30. The molecule has 0 aliphatic heterocycles. The molecule has 0 saturated carbocycles. The van der Waals surface area contributed by atoms with Crippen molar-refractivity contribution in [3.63, 3.8) is 0 Å². The highest BCUT2D eigenvalue weighted by atomic mass is 79.9. The minimum atomic E-state index is -0.282. The Bertz CT molecular complexity index is 872. The van der Waals surface area contributed by atoms with E-state index in [-0.39, 0.29) is 18.0 Å². The van der Waals surface area contributed by atoms with Crippen molar-refractivity contribution in [1.29, 1.82) is 0 Å². The van der Waals surface area contributed by atoms with Crippen molar-refractivity contribution < 1.29 is 4.79 Å². The largest absolute Gasteiger partial charge is 0.348 e. The van der Waals surface area contributed by atoms with Crippen LogP contribution < -0.4 is 10.9 Å². The second-order valence-corrected chi connectivity index (χ2v) is 6.32. The first kappa shape index (κ1) is 18.1. The number of H-pyrrole nitrogens is 1. The molecule has 0 aliphatic carbocycles. The van der Waals surface area contributed by atoms with E-state index < -0.39 is 0 Å². The summed E-state index contributed by atoms with van der Waals surface area (Å²) in [5.74, 6) is -0.282. The molecule has 24 heavy (non-hydrogen) atoms. The van der Waals surface area contributed by atoms with E-state index in [4.69, 9.17) is 0 Å². The summed E-state index contributed by atoms with van der Waals surface area (Å²) in [6.07, 6.45) is 1.60. The Labute approximate surface area is 148 Å². The molecule has 126 valence electrons. The van der Waals surface area contributed by atoms with E-state index in [1.165, 1.54) is 0 Å². The maximum Gasteiger partial charge on any atom is 0.253 e. The van der Waals surface area contributed by atoms with E-state index in [9.17, 15) is 9.59 Å². The number of aryl methyl sites for hydroxylation is 3. The Morgan fingerprint density at radius 2 is 2.08 bits per heavy atom. The topological polar surface area (TPSA) is 87.2 Å². The van der Waals surface area contributed by atoms with Gasteiger partial charge in [0, 0.05) is 42.3 Å². The zero-order chi connectivity index (χ0) is 17.9. The van der Waals surface area contributed by atoms with E-state index in [0.29, 0.717) is 27.0 Å². The number of rotatable bonds is 4. The van der Waals surface area contributed by atoms with Gasteiger partial charge in [-0.2, -0.15) is 0 Å². The molecule has 0 atom stereocenters. The van der Waals surface area contributed by atoms with Crippen molar-refractivity contribution in [2.75, 3.05) is 7.05 Å². The Hall–Kier alpha value is -2.28. The first-order valence-electron chi connectivity index (χ1n) is 7.40. The van der Waals surface area contributed by atoms with Gasteiger partial charge in [-0.25, -0.2) is 4.98 Å². The predicted molar refractivity (Wildman–Crippen MR) is 97.9 cm³/mol. The lowest BCUT2D eigenvalue weighted by Gasteiger charge is -2.11. The fourth-order valence-corrected chi connectivity index (χ4v) is 2.98. The number of carbonyl (C=O) groups is 1. The number of nitrogens with zero attached hydrogens (tertiary/aromatic N) is 2. The van der Waals surface area contributed by atoms with Gasteiger partial charge < -0.3 is 10.3 Å². The molecule has 6 nitrogen and oxygen atoms in total. The molecule has 0 fully saturated rings. The number of pyridine rings is 2. The molecule has 2 N–H and O–H groups in total. The van der Waals surface area contributed by atoms with Crippen molar-refractivity contribution in [2.45, 2.75) is 27.3 Å². The van der Waals surface area contributed by atoms with Crippen molar-refractivity contribution in [1.82, 2.24) is 15.3 Å². The highest BCUT2D eigenvalue weighted by molar-refractivity contribution is 9.10. The molecule has 2 rings (SSSR count). The van der Waals surface area contributed by atoms with Crippen LogP contribution in [0.3, 0.4) is 0 Å². The van der Waals surface area contributed by atoms with Crippen molar-refractivity contribution in [3.05, 3.63) is 60.7 Å². The highest BCUT2D eigenvalue weighted by Gasteiger charge is 2.15. The number of hydrogen-bond donors (Lipinski definition) is 2. The van der Waals surface area contributed by atoms with Crippen LogP contribution in [0.4, 0.5) is 0 Å². The zero-order valence-corrected chi connectivity index (χ0v) is 15.6. The number of halogens is 1. The van der Waals surface area contributed by atoms with E-state index in [2.05, 4.69) is 36.2 Å². The summed E-state index contributed by atoms with van der Waals surface area (Å²) in [6.45, 7) is 5.64. The lowest BCUT2D eigenvalue weighted by molar-refractivity contribution is 0.0950. The molecule has 0 radical (unpaired) electrons. The van der Waals surface area contributed by atoms with Gasteiger partial charge in [0.2, 0.25) is 0 Å². The zero-order valence-electron chi connectivity index (χ0n) is 14.0. The van der Waals surface area contributed by atoms with Gasteiger partial charge in [-0.1, -0.05) is 0 Å². The molecule has 1 amide bonds. The summed E-state index contributed by atoms with van der Waals surface area (Å²) in [5.41, 5.74) is 3.82. The number of aromatic nitrogens is 2. The van der Waals surface area contributed by atoms with E-state index in [1.807, 2.05) is 26.8 Å². The van der Waals surface area contributed by atoms with Gasteiger partial charge in [-0.3, -0.25) is 14.6 Å². The predicted octanol–water partition coefficient (Wildman–Crippen LogP) is 2.44. The lowest BCUT2D eigenvalue weighted by Crippen LogP contribution is -2.29. The standard InChI is InChI=1S/C17H19BrN4O2/c1-9-5-10(2)21-17(24)13(9)8-20-16(23)12-6-15(18)22-11(3)14(12)7-19-4/h5-7H,8H2,1-4H3,(H,20,23)(H,21,24)/b19-7-. The van der Waals surface area contributed by atoms with E-state index >= 15 is 0 Å². The minimum Gasteiger partial charge on any atom is -0.348 e. The minimum absolute atomic E-state index is 0.155. The number of hydrogen-bond acceptors (Lipinski definition) is 4. The molecule has 0 aromatic carbocycles. The molecule has 0 bridgehead atoms. The van der Waals surface area contributed by atoms with Crippen LogP contribution in [-0.2, 0) is 6.54 Å². The molecule has 0 unspecified atom stereocenters. The maximum atomic E-state index is 12.6.